The molecule has 3 nitrogen and oxygen atoms in total. The van der Waals surface area contributed by atoms with Gasteiger partial charge in [-0.3, -0.25) is 4.79 Å². The number of likely N-dealkylation sites (tertiary alicyclic amines) is 1. The molecule has 4 heteroatoms. The van der Waals surface area contributed by atoms with E-state index in [1.165, 1.54) is 10.4 Å². The first kappa shape index (κ1) is 16.8. The fourth-order valence-electron chi connectivity index (χ4n) is 4.39. The normalized spacial score (nSPS) is 26.6. The van der Waals surface area contributed by atoms with Crippen LogP contribution in [0.3, 0.4) is 0 Å². The van der Waals surface area contributed by atoms with E-state index in [4.69, 9.17) is 5.73 Å². The Morgan fingerprint density at radius 2 is 1.92 bits per heavy atom. The third-order valence-corrected chi connectivity index (χ3v) is 7.05. The maximum atomic E-state index is 13.3. The molecule has 2 heterocycles. The topological polar surface area (TPSA) is 46.3 Å². The molecule has 2 N–H and O–H groups in total. The van der Waals surface area contributed by atoms with Gasteiger partial charge in [-0.1, -0.05) is 36.4 Å². The van der Waals surface area contributed by atoms with Crippen molar-refractivity contribution in [3.8, 4) is 0 Å². The van der Waals surface area contributed by atoms with Gasteiger partial charge in [0.2, 0.25) is 5.91 Å². The second-order valence-electron chi connectivity index (χ2n) is 7.51. The van der Waals surface area contributed by atoms with Crippen LogP contribution in [-0.4, -0.2) is 30.4 Å². The van der Waals surface area contributed by atoms with Gasteiger partial charge in [-0.15, -0.1) is 11.3 Å². The minimum Gasteiger partial charge on any atom is -0.342 e. The van der Waals surface area contributed by atoms with Crippen LogP contribution in [-0.2, 0) is 16.6 Å². The van der Waals surface area contributed by atoms with Crippen molar-refractivity contribution in [2.24, 2.45) is 17.6 Å². The number of amides is 1. The van der Waals surface area contributed by atoms with E-state index in [0.29, 0.717) is 24.3 Å². The Bertz CT molecular complexity index is 707. The number of piperidine rings is 1. The minimum atomic E-state index is -0.310. The van der Waals surface area contributed by atoms with E-state index in [9.17, 15) is 4.79 Å². The van der Waals surface area contributed by atoms with Gasteiger partial charge in [0.1, 0.15) is 0 Å². The summed E-state index contributed by atoms with van der Waals surface area (Å²) in [6.07, 6.45) is 4.26. The Labute approximate surface area is 153 Å². The first-order valence-corrected chi connectivity index (χ1v) is 10.2. The number of hydrogen-bond acceptors (Lipinski definition) is 3. The van der Waals surface area contributed by atoms with E-state index in [1.54, 1.807) is 11.3 Å². The number of carbonyl (C=O) groups excluding carboxylic acids is 1. The van der Waals surface area contributed by atoms with Crippen LogP contribution in [0.2, 0.25) is 0 Å². The van der Waals surface area contributed by atoms with Crippen LogP contribution >= 0.6 is 11.3 Å². The third kappa shape index (κ3) is 3.13. The number of nitrogens with zero attached hydrogens (tertiary/aromatic N) is 1. The van der Waals surface area contributed by atoms with Crippen LogP contribution in [0, 0.1) is 11.8 Å². The first-order chi connectivity index (χ1) is 12.2. The van der Waals surface area contributed by atoms with E-state index in [0.717, 1.165) is 38.8 Å². The van der Waals surface area contributed by atoms with Crippen molar-refractivity contribution in [1.82, 2.24) is 4.90 Å². The van der Waals surface area contributed by atoms with Gasteiger partial charge in [-0.25, -0.2) is 0 Å². The summed E-state index contributed by atoms with van der Waals surface area (Å²) >= 11 is 1.70. The van der Waals surface area contributed by atoms with Gasteiger partial charge >= 0.3 is 0 Å². The third-order valence-electron chi connectivity index (χ3n) is 6.00. The quantitative estimate of drug-likeness (QED) is 0.894. The zero-order valence-corrected chi connectivity index (χ0v) is 15.4. The van der Waals surface area contributed by atoms with Crippen molar-refractivity contribution in [1.29, 1.82) is 0 Å². The summed E-state index contributed by atoms with van der Waals surface area (Å²) in [5.41, 5.74) is 7.02. The van der Waals surface area contributed by atoms with Gasteiger partial charge in [0.05, 0.1) is 5.41 Å². The van der Waals surface area contributed by atoms with Gasteiger partial charge < -0.3 is 10.6 Å². The summed E-state index contributed by atoms with van der Waals surface area (Å²) in [5, 5.41) is 2.07. The van der Waals surface area contributed by atoms with Crippen LogP contribution in [0.1, 0.15) is 29.7 Å². The number of rotatable bonds is 5. The number of benzene rings is 1. The Morgan fingerprint density at radius 1 is 1.16 bits per heavy atom. The predicted molar refractivity (Wildman–Crippen MR) is 103 cm³/mol. The molecule has 1 aromatic carbocycles. The lowest BCUT2D eigenvalue weighted by atomic mass is 9.89. The van der Waals surface area contributed by atoms with Gasteiger partial charge in [0, 0.05) is 18.0 Å². The average molecular weight is 355 g/mol. The molecule has 0 unspecified atom stereocenters. The van der Waals surface area contributed by atoms with Crippen LogP contribution in [0.25, 0.3) is 0 Å². The molecule has 1 aliphatic heterocycles. The Hall–Kier alpha value is -1.65. The van der Waals surface area contributed by atoms with Gasteiger partial charge in [0.25, 0.3) is 0 Å². The number of carbonyl (C=O) groups is 1. The molecule has 2 aromatic rings. The molecular weight excluding hydrogens is 328 g/mol. The Kier molecular flexibility index (Phi) is 4.65. The van der Waals surface area contributed by atoms with Crippen molar-refractivity contribution in [2.75, 3.05) is 19.6 Å². The van der Waals surface area contributed by atoms with Crippen LogP contribution in [0.15, 0.2) is 47.8 Å². The van der Waals surface area contributed by atoms with Crippen LogP contribution in [0.4, 0.5) is 0 Å². The number of nitrogens with two attached hydrogens (primary N) is 1. The van der Waals surface area contributed by atoms with Crippen molar-refractivity contribution in [3.05, 3.63) is 58.3 Å². The lowest BCUT2D eigenvalue weighted by Crippen LogP contribution is -2.45. The zero-order valence-electron chi connectivity index (χ0n) is 14.6. The molecule has 1 aliphatic carbocycles. The zero-order chi connectivity index (χ0) is 17.3. The second kappa shape index (κ2) is 6.93. The number of thiophene rings is 1. The SMILES string of the molecule is NC[C@@H]1C[C@@]1(C(=O)N1CCC(Cc2ccccc2)CC1)c1cccs1. The van der Waals surface area contributed by atoms with E-state index in [1.807, 2.05) is 6.07 Å². The molecule has 1 saturated heterocycles. The van der Waals surface area contributed by atoms with E-state index >= 15 is 0 Å². The molecular formula is C21H26N2OS. The summed E-state index contributed by atoms with van der Waals surface area (Å²) in [7, 11) is 0. The molecule has 1 aromatic heterocycles. The molecule has 1 amide bonds. The molecule has 2 fully saturated rings. The fraction of sp³-hybridized carbons (Fsp3) is 0.476. The van der Waals surface area contributed by atoms with Crippen LogP contribution < -0.4 is 5.73 Å². The highest BCUT2D eigenvalue weighted by Gasteiger charge is 2.62. The van der Waals surface area contributed by atoms with E-state index < -0.39 is 0 Å². The minimum absolute atomic E-state index is 0.310. The van der Waals surface area contributed by atoms with Gasteiger partial charge in [0.15, 0.2) is 0 Å². The summed E-state index contributed by atoms with van der Waals surface area (Å²) in [6.45, 7) is 2.38. The summed E-state index contributed by atoms with van der Waals surface area (Å²) < 4.78 is 0. The highest BCUT2D eigenvalue weighted by Crippen LogP contribution is 2.56. The maximum Gasteiger partial charge on any atom is 0.234 e. The van der Waals surface area contributed by atoms with Crippen molar-refractivity contribution in [3.63, 3.8) is 0 Å². The molecule has 2 atom stereocenters. The highest BCUT2D eigenvalue weighted by molar-refractivity contribution is 7.10. The molecule has 2 aliphatic rings. The van der Waals surface area contributed by atoms with E-state index in [2.05, 4.69) is 46.7 Å². The monoisotopic (exact) mass is 354 g/mol. The van der Waals surface area contributed by atoms with Crippen molar-refractivity contribution >= 4 is 17.2 Å². The Morgan fingerprint density at radius 3 is 2.52 bits per heavy atom. The molecule has 132 valence electrons. The molecule has 0 radical (unpaired) electrons. The van der Waals surface area contributed by atoms with Gasteiger partial charge in [-0.05, 0) is 61.1 Å². The standard InChI is InChI=1S/C21H26N2OS/c22-15-18-14-21(18,19-7-4-12-25-19)20(24)23-10-8-17(9-11-23)13-16-5-2-1-3-6-16/h1-7,12,17-18H,8-11,13-15,22H2/t18-,21-/m0/s1. The van der Waals surface area contributed by atoms with Crippen LogP contribution in [0.5, 0.6) is 0 Å². The first-order valence-electron chi connectivity index (χ1n) is 9.31. The number of hydrogen-bond donors (Lipinski definition) is 1. The predicted octanol–water partition coefficient (Wildman–Crippen LogP) is 3.45. The van der Waals surface area contributed by atoms with Crippen molar-refractivity contribution < 1.29 is 4.79 Å². The molecule has 4 rings (SSSR count). The molecule has 25 heavy (non-hydrogen) atoms. The molecule has 0 spiro atoms. The van der Waals surface area contributed by atoms with Crippen molar-refractivity contribution in [2.45, 2.75) is 31.1 Å². The fourth-order valence-corrected chi connectivity index (χ4v) is 5.39. The maximum absolute atomic E-state index is 13.3. The smallest absolute Gasteiger partial charge is 0.234 e. The second-order valence-corrected chi connectivity index (χ2v) is 8.46. The summed E-state index contributed by atoms with van der Waals surface area (Å²) in [6, 6.07) is 14.9. The summed E-state index contributed by atoms with van der Waals surface area (Å²) in [4.78, 5) is 16.6. The van der Waals surface area contributed by atoms with E-state index in [-0.39, 0.29) is 5.41 Å². The summed E-state index contributed by atoms with van der Waals surface area (Å²) in [5.74, 6) is 1.33. The Balaban J connectivity index is 1.40. The lowest BCUT2D eigenvalue weighted by molar-refractivity contribution is -0.135. The largest absolute Gasteiger partial charge is 0.342 e. The van der Waals surface area contributed by atoms with Gasteiger partial charge in [-0.2, -0.15) is 0 Å². The molecule has 1 saturated carbocycles. The average Bonchev–Trinajstić information content (AvgIpc) is 3.14. The highest BCUT2D eigenvalue weighted by atomic mass is 32.1. The lowest BCUT2D eigenvalue weighted by Gasteiger charge is -2.34. The molecule has 0 bridgehead atoms.